The Labute approximate surface area is 232 Å². The number of carbonyl (C=O) groups excluding carboxylic acids is 4. The molecule has 0 unspecified atom stereocenters. The lowest BCUT2D eigenvalue weighted by atomic mass is 9.97. The quantitative estimate of drug-likeness (QED) is 0.0827. The van der Waals surface area contributed by atoms with E-state index in [1.807, 2.05) is 30.3 Å². The number of esters is 3. The number of carbonyl (C=O) groups is 4. The average Bonchev–Trinajstić information content (AvgIpc) is 2.91. The maximum absolute atomic E-state index is 11.8. The second-order valence-electron chi connectivity index (χ2n) is 8.96. The molecule has 0 spiro atoms. The first kappa shape index (κ1) is 32.3. The number of unbranched alkanes of at least 4 members (excludes halogenated alkanes) is 3. The van der Waals surface area contributed by atoms with E-state index in [9.17, 15) is 19.2 Å². The smallest absolute Gasteiger partial charge is 0.407 e. The van der Waals surface area contributed by atoms with Crippen molar-refractivity contribution in [2.24, 2.45) is 5.11 Å². The van der Waals surface area contributed by atoms with E-state index in [0.29, 0.717) is 13.0 Å². The van der Waals surface area contributed by atoms with Crippen LogP contribution < -0.4 is 5.32 Å². The molecule has 0 radical (unpaired) electrons. The molecule has 1 fully saturated rings. The minimum absolute atomic E-state index is 0.200. The van der Waals surface area contributed by atoms with Gasteiger partial charge < -0.3 is 33.7 Å². The Hall–Kier alpha value is -3.87. The maximum Gasteiger partial charge on any atom is 0.407 e. The van der Waals surface area contributed by atoms with Crippen molar-refractivity contribution in [3.8, 4) is 0 Å². The van der Waals surface area contributed by atoms with Crippen molar-refractivity contribution >= 4 is 24.0 Å². The van der Waals surface area contributed by atoms with Crippen LogP contribution in [-0.4, -0.2) is 74.4 Å². The van der Waals surface area contributed by atoms with Crippen molar-refractivity contribution in [3.05, 3.63) is 46.3 Å². The number of hydrogen-bond donors (Lipinski definition) is 1. The monoisotopic (exact) mass is 564 g/mol. The van der Waals surface area contributed by atoms with Gasteiger partial charge in [-0.05, 0) is 23.9 Å². The zero-order valence-electron chi connectivity index (χ0n) is 22.9. The predicted octanol–water partition coefficient (Wildman–Crippen LogP) is 3.32. The minimum Gasteiger partial charge on any atom is -0.463 e. The number of benzene rings is 1. The summed E-state index contributed by atoms with van der Waals surface area (Å²) in [6, 6.07) is 8.21. The molecule has 220 valence electrons. The second-order valence-corrected chi connectivity index (χ2v) is 8.96. The van der Waals surface area contributed by atoms with E-state index >= 15 is 0 Å². The zero-order valence-corrected chi connectivity index (χ0v) is 22.9. The van der Waals surface area contributed by atoms with Gasteiger partial charge in [-0.3, -0.25) is 14.4 Å². The molecule has 2 rings (SSSR count). The van der Waals surface area contributed by atoms with Crippen LogP contribution in [0, 0.1) is 0 Å². The number of alkyl carbamates (subject to hydrolysis) is 1. The van der Waals surface area contributed by atoms with Crippen molar-refractivity contribution < 1.29 is 47.6 Å². The van der Waals surface area contributed by atoms with Gasteiger partial charge >= 0.3 is 24.0 Å². The molecule has 0 aromatic heterocycles. The van der Waals surface area contributed by atoms with Crippen LogP contribution in [0.15, 0.2) is 35.4 Å². The molecule has 40 heavy (non-hydrogen) atoms. The summed E-state index contributed by atoms with van der Waals surface area (Å²) < 4.78 is 32.5. The van der Waals surface area contributed by atoms with Gasteiger partial charge in [0.15, 0.2) is 18.5 Å². The van der Waals surface area contributed by atoms with Crippen molar-refractivity contribution in [2.75, 3.05) is 19.8 Å². The van der Waals surface area contributed by atoms with E-state index in [2.05, 4.69) is 15.3 Å². The highest BCUT2D eigenvalue weighted by Gasteiger charge is 2.50. The van der Waals surface area contributed by atoms with Crippen LogP contribution in [-0.2, 0) is 49.4 Å². The van der Waals surface area contributed by atoms with E-state index in [1.54, 1.807) is 0 Å². The molecular weight excluding hydrogens is 528 g/mol. The Morgan fingerprint density at radius 1 is 0.925 bits per heavy atom. The van der Waals surface area contributed by atoms with Gasteiger partial charge in [0.05, 0.1) is 0 Å². The zero-order chi connectivity index (χ0) is 29.3. The average molecular weight is 565 g/mol. The first-order chi connectivity index (χ1) is 19.2. The Bertz CT molecular complexity index is 1020. The molecule has 5 atom stereocenters. The third-order valence-electron chi connectivity index (χ3n) is 5.69. The standard InChI is InChI=1S/C26H36N4O10/c1-17(31)36-16-21-23(38-18(2)32)24(39-19(3)33)22(29-30-27)25(40-21)35-14-10-5-4-9-13-28-26(34)37-15-20-11-7-6-8-12-20/h6-8,11-12,21-25H,4-5,9-10,13-16H2,1-3H3,(H,28,34)/t21-,22-,23+,24-,25-/m1/s1. The lowest BCUT2D eigenvalue weighted by Gasteiger charge is -2.43. The highest BCUT2D eigenvalue weighted by atomic mass is 16.7. The summed E-state index contributed by atoms with van der Waals surface area (Å²) in [6.45, 7) is 4.07. The summed E-state index contributed by atoms with van der Waals surface area (Å²) in [7, 11) is 0. The van der Waals surface area contributed by atoms with Crippen LogP contribution in [0.3, 0.4) is 0 Å². The first-order valence-corrected chi connectivity index (χ1v) is 12.9. The largest absolute Gasteiger partial charge is 0.463 e. The number of nitrogens with one attached hydrogen (secondary N) is 1. The van der Waals surface area contributed by atoms with Gasteiger partial charge in [-0.2, -0.15) is 0 Å². The summed E-state index contributed by atoms with van der Waals surface area (Å²) in [4.78, 5) is 49.5. The molecule has 14 heteroatoms. The van der Waals surface area contributed by atoms with E-state index < -0.39 is 54.6 Å². The van der Waals surface area contributed by atoms with Crippen LogP contribution in [0.4, 0.5) is 4.79 Å². The number of azide groups is 1. The molecule has 0 saturated carbocycles. The van der Waals surface area contributed by atoms with E-state index in [1.165, 1.54) is 6.92 Å². The van der Waals surface area contributed by atoms with Crippen molar-refractivity contribution in [1.82, 2.24) is 5.32 Å². The van der Waals surface area contributed by atoms with Crippen molar-refractivity contribution in [1.29, 1.82) is 0 Å². The minimum atomic E-state index is -1.23. The molecule has 1 amide bonds. The van der Waals surface area contributed by atoms with Crippen LogP contribution in [0.5, 0.6) is 0 Å². The number of nitrogens with zero attached hydrogens (tertiary/aromatic N) is 3. The molecule has 1 aromatic carbocycles. The lowest BCUT2D eigenvalue weighted by molar-refractivity contribution is -0.273. The summed E-state index contributed by atoms with van der Waals surface area (Å²) >= 11 is 0. The van der Waals surface area contributed by atoms with E-state index in [0.717, 1.165) is 38.7 Å². The third kappa shape index (κ3) is 11.9. The van der Waals surface area contributed by atoms with Gasteiger partial charge in [-0.25, -0.2) is 4.79 Å². The third-order valence-corrected chi connectivity index (χ3v) is 5.69. The van der Waals surface area contributed by atoms with Crippen LogP contribution in [0.1, 0.15) is 52.0 Å². The van der Waals surface area contributed by atoms with Crippen LogP contribution in [0.2, 0.25) is 0 Å². The highest BCUT2D eigenvalue weighted by molar-refractivity contribution is 5.68. The molecule has 1 aliphatic heterocycles. The van der Waals surface area contributed by atoms with Gasteiger partial charge in [-0.15, -0.1) is 0 Å². The predicted molar refractivity (Wildman–Crippen MR) is 138 cm³/mol. The number of rotatable bonds is 15. The number of hydrogen-bond acceptors (Lipinski definition) is 11. The lowest BCUT2D eigenvalue weighted by Crippen LogP contribution is -2.61. The Kier molecular flexibility index (Phi) is 14.3. The first-order valence-electron chi connectivity index (χ1n) is 12.9. The Balaban J connectivity index is 1.83. The summed E-state index contributed by atoms with van der Waals surface area (Å²) in [5.74, 6) is -2.00. The Morgan fingerprint density at radius 2 is 1.60 bits per heavy atom. The Morgan fingerprint density at radius 3 is 2.25 bits per heavy atom. The van der Waals surface area contributed by atoms with Crippen molar-refractivity contribution in [2.45, 2.75) is 83.7 Å². The summed E-state index contributed by atoms with van der Waals surface area (Å²) in [5.41, 5.74) is 10.0. The fourth-order valence-electron chi connectivity index (χ4n) is 3.95. The van der Waals surface area contributed by atoms with Gasteiger partial charge in [0.25, 0.3) is 0 Å². The highest BCUT2D eigenvalue weighted by Crippen LogP contribution is 2.30. The SMILES string of the molecule is CC(=O)OC[C@H]1O[C@@H](OCCCCCCNC(=O)OCc2ccccc2)[C@H](N=[N+]=[N-])[C@@H](OC(C)=O)[C@H]1OC(C)=O. The van der Waals surface area contributed by atoms with Gasteiger partial charge in [0, 0.05) is 38.8 Å². The topological polar surface area (TPSA) is 184 Å². The fourth-order valence-corrected chi connectivity index (χ4v) is 3.95. The van der Waals surface area contributed by atoms with Crippen LogP contribution >= 0.6 is 0 Å². The molecular formula is C26H36N4O10. The molecule has 0 aliphatic carbocycles. The van der Waals surface area contributed by atoms with E-state index in [4.69, 9.17) is 34.0 Å². The normalized spacial score (nSPS) is 21.8. The van der Waals surface area contributed by atoms with Gasteiger partial charge in [-0.1, -0.05) is 48.3 Å². The molecule has 1 aromatic rings. The maximum atomic E-state index is 11.8. The molecule has 0 bridgehead atoms. The van der Waals surface area contributed by atoms with Gasteiger partial charge in [0.2, 0.25) is 0 Å². The molecule has 1 heterocycles. The molecule has 1 aliphatic rings. The van der Waals surface area contributed by atoms with Gasteiger partial charge in [0.1, 0.15) is 25.4 Å². The summed E-state index contributed by atoms with van der Waals surface area (Å²) in [5, 5.41) is 6.39. The van der Waals surface area contributed by atoms with Crippen LogP contribution in [0.25, 0.3) is 10.4 Å². The summed E-state index contributed by atoms with van der Waals surface area (Å²) in [6.07, 6.45) is -2.22. The van der Waals surface area contributed by atoms with Crippen molar-refractivity contribution in [3.63, 3.8) is 0 Å². The second kappa shape index (κ2) is 17.7. The molecule has 1 N–H and O–H groups in total. The number of ether oxygens (including phenoxy) is 6. The fraction of sp³-hybridized carbons (Fsp3) is 0.615. The molecule has 1 saturated heterocycles. The van der Waals surface area contributed by atoms with E-state index in [-0.39, 0.29) is 19.8 Å². The molecule has 14 nitrogen and oxygen atoms in total. The number of amides is 1.